The third-order valence-electron chi connectivity index (χ3n) is 4.24. The van der Waals surface area contributed by atoms with E-state index in [1.165, 1.54) is 35.1 Å². The van der Waals surface area contributed by atoms with Gasteiger partial charge in [-0.3, -0.25) is 14.9 Å². The first kappa shape index (κ1) is 22.8. The molecule has 1 aromatic heterocycles. The quantitative estimate of drug-likeness (QED) is 0.296. The van der Waals surface area contributed by atoms with Gasteiger partial charge in [-0.15, -0.1) is 0 Å². The summed E-state index contributed by atoms with van der Waals surface area (Å²) in [6, 6.07) is 12.6. The van der Waals surface area contributed by atoms with E-state index >= 15 is 0 Å². The van der Waals surface area contributed by atoms with Crippen molar-refractivity contribution in [1.82, 2.24) is 15.1 Å². The molecule has 0 saturated carbocycles. The number of nitrogens with one attached hydrogen (secondary N) is 1. The molecule has 0 fully saturated rings. The topological polar surface area (TPSA) is 126 Å². The first-order chi connectivity index (χ1) is 15.4. The molecule has 0 spiro atoms. The highest BCUT2D eigenvalue weighted by Gasteiger charge is 2.21. The summed E-state index contributed by atoms with van der Waals surface area (Å²) in [6.07, 6.45) is 1.40. The number of nitro benzene ring substituents is 1. The Labute approximate surface area is 187 Å². The SMILES string of the molecule is CCOC(=O)c1nn(-c2ccc([N+](=O)[O-])cc2)cc1OCC(=O)NCc1ccc(Cl)cc1. The number of halogens is 1. The number of non-ortho nitro benzene ring substituents is 1. The molecule has 11 heteroatoms. The van der Waals surface area contributed by atoms with Crippen molar-refractivity contribution in [2.24, 2.45) is 0 Å². The Bertz CT molecular complexity index is 1110. The molecule has 3 aromatic rings. The molecule has 2 aromatic carbocycles. The number of nitro groups is 1. The fourth-order valence-electron chi connectivity index (χ4n) is 2.66. The number of benzene rings is 2. The van der Waals surface area contributed by atoms with Crippen LogP contribution in [0.5, 0.6) is 5.75 Å². The van der Waals surface area contributed by atoms with Crippen LogP contribution < -0.4 is 10.1 Å². The second kappa shape index (κ2) is 10.4. The van der Waals surface area contributed by atoms with Gasteiger partial charge in [0.05, 0.1) is 23.4 Å². The fourth-order valence-corrected chi connectivity index (χ4v) is 2.79. The summed E-state index contributed by atoms with van der Waals surface area (Å²) < 4.78 is 11.8. The minimum atomic E-state index is -0.718. The average molecular weight is 459 g/mol. The molecule has 0 aliphatic rings. The Balaban J connectivity index is 1.70. The lowest BCUT2D eigenvalue weighted by atomic mass is 10.2. The number of carbonyl (C=O) groups is 2. The number of ether oxygens (including phenoxy) is 2. The molecule has 0 bridgehead atoms. The van der Waals surface area contributed by atoms with E-state index in [-0.39, 0.29) is 36.9 Å². The van der Waals surface area contributed by atoms with E-state index in [4.69, 9.17) is 21.1 Å². The molecule has 32 heavy (non-hydrogen) atoms. The van der Waals surface area contributed by atoms with Gasteiger partial charge in [-0.1, -0.05) is 23.7 Å². The lowest BCUT2D eigenvalue weighted by Crippen LogP contribution is -2.28. The summed E-state index contributed by atoms with van der Waals surface area (Å²) >= 11 is 5.84. The number of nitrogens with zero attached hydrogens (tertiary/aromatic N) is 3. The van der Waals surface area contributed by atoms with Gasteiger partial charge in [0, 0.05) is 23.7 Å². The summed E-state index contributed by atoms with van der Waals surface area (Å²) in [5, 5.41) is 18.3. The zero-order chi connectivity index (χ0) is 23.1. The van der Waals surface area contributed by atoms with Crippen molar-refractivity contribution >= 4 is 29.2 Å². The molecule has 1 N–H and O–H groups in total. The van der Waals surface area contributed by atoms with Crippen molar-refractivity contribution in [3.8, 4) is 11.4 Å². The number of aromatic nitrogens is 2. The summed E-state index contributed by atoms with van der Waals surface area (Å²) in [7, 11) is 0. The van der Waals surface area contributed by atoms with Gasteiger partial charge in [0.2, 0.25) is 5.69 Å². The van der Waals surface area contributed by atoms with Crippen LogP contribution in [0.4, 0.5) is 5.69 Å². The lowest BCUT2D eigenvalue weighted by molar-refractivity contribution is -0.384. The Morgan fingerprint density at radius 1 is 1.16 bits per heavy atom. The van der Waals surface area contributed by atoms with Crippen LogP contribution in [-0.2, 0) is 16.1 Å². The maximum Gasteiger partial charge on any atom is 0.362 e. The Hall–Kier alpha value is -3.92. The van der Waals surface area contributed by atoms with Gasteiger partial charge in [0.25, 0.3) is 11.6 Å². The van der Waals surface area contributed by atoms with E-state index in [1.807, 2.05) is 0 Å². The monoisotopic (exact) mass is 458 g/mol. The molecule has 1 heterocycles. The normalized spacial score (nSPS) is 10.4. The maximum absolute atomic E-state index is 12.3. The van der Waals surface area contributed by atoms with Crippen LogP contribution in [0.3, 0.4) is 0 Å². The maximum atomic E-state index is 12.3. The Morgan fingerprint density at radius 3 is 2.47 bits per heavy atom. The highest BCUT2D eigenvalue weighted by atomic mass is 35.5. The molecular formula is C21H19ClN4O6. The van der Waals surface area contributed by atoms with Crippen molar-refractivity contribution in [2.75, 3.05) is 13.2 Å². The zero-order valence-corrected chi connectivity index (χ0v) is 17.7. The predicted octanol–water partition coefficient (Wildman–Crippen LogP) is 3.31. The van der Waals surface area contributed by atoms with Crippen LogP contribution in [0.25, 0.3) is 5.69 Å². The fraction of sp³-hybridized carbons (Fsp3) is 0.190. The van der Waals surface area contributed by atoms with Crippen LogP contribution in [0.2, 0.25) is 5.02 Å². The van der Waals surface area contributed by atoms with Crippen molar-refractivity contribution in [1.29, 1.82) is 0 Å². The number of esters is 1. The first-order valence-electron chi connectivity index (χ1n) is 9.53. The summed E-state index contributed by atoms with van der Waals surface area (Å²) in [5.74, 6) is -1.08. The standard InChI is InChI=1S/C21H19ClN4O6/c1-2-31-21(28)20-18(12-25(24-20)16-7-9-17(10-8-16)26(29)30)32-13-19(27)23-11-14-3-5-15(22)6-4-14/h3-10,12H,2,11,13H2,1H3,(H,23,27). The van der Waals surface area contributed by atoms with Crippen LogP contribution in [-0.4, -0.2) is 39.8 Å². The molecule has 0 aliphatic heterocycles. The number of hydrogen-bond donors (Lipinski definition) is 1. The number of rotatable bonds is 9. The van der Waals surface area contributed by atoms with Gasteiger partial charge in [0.15, 0.2) is 12.4 Å². The second-order valence-electron chi connectivity index (χ2n) is 6.47. The van der Waals surface area contributed by atoms with Crippen LogP contribution in [0, 0.1) is 10.1 Å². The molecule has 3 rings (SSSR count). The molecule has 0 atom stereocenters. The summed E-state index contributed by atoms with van der Waals surface area (Å²) in [5.41, 5.74) is 1.13. The molecule has 0 saturated heterocycles. The third-order valence-corrected chi connectivity index (χ3v) is 4.49. The van der Waals surface area contributed by atoms with Gasteiger partial charge in [-0.25, -0.2) is 9.48 Å². The van der Waals surface area contributed by atoms with Crippen molar-refractivity contribution in [2.45, 2.75) is 13.5 Å². The second-order valence-corrected chi connectivity index (χ2v) is 6.91. The van der Waals surface area contributed by atoms with E-state index in [2.05, 4.69) is 10.4 Å². The lowest BCUT2D eigenvalue weighted by Gasteiger charge is -2.07. The van der Waals surface area contributed by atoms with E-state index in [9.17, 15) is 19.7 Å². The Kier molecular flexibility index (Phi) is 7.40. The van der Waals surface area contributed by atoms with Crippen molar-refractivity contribution in [3.63, 3.8) is 0 Å². The number of carbonyl (C=O) groups excluding carboxylic acids is 2. The zero-order valence-electron chi connectivity index (χ0n) is 17.0. The summed E-state index contributed by atoms with van der Waals surface area (Å²) in [4.78, 5) is 34.7. The highest BCUT2D eigenvalue weighted by Crippen LogP contribution is 2.22. The third kappa shape index (κ3) is 5.82. The van der Waals surface area contributed by atoms with Gasteiger partial charge in [-0.2, -0.15) is 5.10 Å². The number of hydrogen-bond acceptors (Lipinski definition) is 7. The van der Waals surface area contributed by atoms with Crippen molar-refractivity contribution < 1.29 is 24.0 Å². The molecule has 10 nitrogen and oxygen atoms in total. The van der Waals surface area contributed by atoms with E-state index in [1.54, 1.807) is 31.2 Å². The molecule has 1 amide bonds. The number of amides is 1. The minimum Gasteiger partial charge on any atom is -0.480 e. The van der Waals surface area contributed by atoms with Crippen LogP contribution in [0.15, 0.2) is 54.7 Å². The van der Waals surface area contributed by atoms with Crippen LogP contribution in [0.1, 0.15) is 23.0 Å². The molecule has 0 unspecified atom stereocenters. The first-order valence-corrected chi connectivity index (χ1v) is 9.90. The average Bonchev–Trinajstić information content (AvgIpc) is 3.22. The minimum absolute atomic E-state index is 0.0449. The summed E-state index contributed by atoms with van der Waals surface area (Å²) in [6.45, 7) is 1.71. The molecule has 0 aliphatic carbocycles. The predicted molar refractivity (Wildman–Crippen MR) is 115 cm³/mol. The van der Waals surface area contributed by atoms with E-state index in [0.717, 1.165) is 5.56 Å². The Morgan fingerprint density at radius 2 is 1.84 bits per heavy atom. The van der Waals surface area contributed by atoms with Crippen molar-refractivity contribution in [3.05, 3.63) is 81.1 Å². The van der Waals surface area contributed by atoms with E-state index in [0.29, 0.717) is 10.7 Å². The van der Waals surface area contributed by atoms with E-state index < -0.39 is 16.8 Å². The largest absolute Gasteiger partial charge is 0.480 e. The highest BCUT2D eigenvalue weighted by molar-refractivity contribution is 6.30. The smallest absolute Gasteiger partial charge is 0.362 e. The van der Waals surface area contributed by atoms with Gasteiger partial charge >= 0.3 is 5.97 Å². The van der Waals surface area contributed by atoms with Gasteiger partial charge in [0.1, 0.15) is 0 Å². The molecular weight excluding hydrogens is 440 g/mol. The molecule has 0 radical (unpaired) electrons. The van der Waals surface area contributed by atoms with Gasteiger partial charge < -0.3 is 14.8 Å². The molecule has 166 valence electrons. The van der Waals surface area contributed by atoms with Crippen LogP contribution >= 0.6 is 11.6 Å². The van der Waals surface area contributed by atoms with Gasteiger partial charge in [-0.05, 0) is 36.8 Å².